The lowest BCUT2D eigenvalue weighted by Crippen LogP contribution is -2.60. The Morgan fingerprint density at radius 2 is 2.25 bits per heavy atom. The van der Waals surface area contributed by atoms with Crippen LogP contribution in [0.1, 0.15) is 19.3 Å². The van der Waals surface area contributed by atoms with Gasteiger partial charge in [0.15, 0.2) is 0 Å². The highest BCUT2D eigenvalue weighted by Gasteiger charge is 2.48. The topological polar surface area (TPSA) is 38.3 Å². The van der Waals surface area contributed by atoms with Gasteiger partial charge >= 0.3 is 5.97 Å². The van der Waals surface area contributed by atoms with Crippen LogP contribution in [0.3, 0.4) is 0 Å². The van der Waals surface area contributed by atoms with E-state index in [-0.39, 0.29) is 5.97 Å². The van der Waals surface area contributed by atoms with Gasteiger partial charge in [-0.05, 0) is 24.2 Å². The van der Waals surface area contributed by atoms with Gasteiger partial charge in [-0.2, -0.15) is 0 Å². The van der Waals surface area contributed by atoms with Gasteiger partial charge in [0, 0.05) is 19.5 Å². The molecule has 0 bridgehead atoms. The molecule has 1 heterocycles. The van der Waals surface area contributed by atoms with E-state index < -0.39 is 0 Å². The predicted molar refractivity (Wildman–Crippen MR) is 44.7 cm³/mol. The third kappa shape index (κ3) is 1.22. The Balaban J connectivity index is 1.71. The minimum absolute atomic E-state index is 0.0536. The number of esters is 1. The zero-order valence-electron chi connectivity index (χ0n) is 7.43. The van der Waals surface area contributed by atoms with Gasteiger partial charge in [-0.25, -0.2) is 0 Å². The monoisotopic (exact) mass is 169 g/mol. The van der Waals surface area contributed by atoms with Crippen LogP contribution in [0.15, 0.2) is 0 Å². The number of carbonyl (C=O) groups is 1. The maximum atomic E-state index is 10.9. The van der Waals surface area contributed by atoms with Gasteiger partial charge in [0.25, 0.3) is 0 Å². The summed E-state index contributed by atoms with van der Waals surface area (Å²) in [5, 5.41) is 3.28. The summed E-state index contributed by atoms with van der Waals surface area (Å²) in [6, 6.07) is 0. The molecule has 2 rings (SSSR count). The van der Waals surface area contributed by atoms with Crippen LogP contribution < -0.4 is 5.32 Å². The molecule has 3 heteroatoms. The van der Waals surface area contributed by atoms with Crippen molar-refractivity contribution in [3.63, 3.8) is 0 Å². The molecule has 2 fully saturated rings. The number of methoxy groups -OCH3 is 1. The summed E-state index contributed by atoms with van der Waals surface area (Å²) in [4.78, 5) is 10.9. The van der Waals surface area contributed by atoms with E-state index in [1.807, 2.05) is 0 Å². The Bertz CT molecular complexity index is 191. The smallest absolute Gasteiger partial charge is 0.305 e. The van der Waals surface area contributed by atoms with Crippen LogP contribution in [-0.2, 0) is 9.53 Å². The predicted octanol–water partition coefficient (Wildman–Crippen LogP) is 0.549. The highest BCUT2D eigenvalue weighted by atomic mass is 16.5. The molecule has 68 valence electrons. The molecule has 0 radical (unpaired) electrons. The van der Waals surface area contributed by atoms with Gasteiger partial charge < -0.3 is 10.1 Å². The molecule has 3 nitrogen and oxygen atoms in total. The average Bonchev–Trinajstić information content (AvgIpc) is 1.91. The second-order valence-electron chi connectivity index (χ2n) is 4.16. The lowest BCUT2D eigenvalue weighted by atomic mass is 9.58. The van der Waals surface area contributed by atoms with Crippen LogP contribution in [0.2, 0.25) is 0 Å². The fourth-order valence-electron chi connectivity index (χ4n) is 2.40. The fraction of sp³-hybridized carbons (Fsp3) is 0.889. The third-order valence-corrected chi connectivity index (χ3v) is 3.13. The van der Waals surface area contributed by atoms with E-state index in [0.29, 0.717) is 17.8 Å². The quantitative estimate of drug-likeness (QED) is 0.613. The summed E-state index contributed by atoms with van der Waals surface area (Å²) in [5.41, 5.74) is 0.582. The number of hydrogen-bond donors (Lipinski definition) is 1. The molecular formula is C9H15NO2. The van der Waals surface area contributed by atoms with E-state index in [2.05, 4.69) is 10.1 Å². The second kappa shape index (κ2) is 2.73. The van der Waals surface area contributed by atoms with E-state index >= 15 is 0 Å². The average molecular weight is 169 g/mol. The molecule has 1 aliphatic carbocycles. The van der Waals surface area contributed by atoms with Crippen LogP contribution in [-0.4, -0.2) is 26.2 Å². The standard InChI is InChI=1S/C9H15NO2/c1-12-8(11)2-7-3-9(4-7)5-10-6-9/h7,10H,2-6H2,1H3. The van der Waals surface area contributed by atoms with Crippen LogP contribution in [0.25, 0.3) is 0 Å². The lowest BCUT2D eigenvalue weighted by Gasteiger charge is -2.54. The van der Waals surface area contributed by atoms with Crippen LogP contribution in [0.5, 0.6) is 0 Å². The van der Waals surface area contributed by atoms with E-state index in [4.69, 9.17) is 0 Å². The maximum Gasteiger partial charge on any atom is 0.305 e. The molecule has 1 saturated heterocycles. The molecule has 0 aromatic carbocycles. The summed E-state index contributed by atoms with van der Waals surface area (Å²) < 4.78 is 4.62. The van der Waals surface area contributed by atoms with Crippen molar-refractivity contribution in [1.82, 2.24) is 5.32 Å². The van der Waals surface area contributed by atoms with Gasteiger partial charge in [0.2, 0.25) is 0 Å². The molecule has 0 unspecified atom stereocenters. The Morgan fingerprint density at radius 3 is 2.67 bits per heavy atom. The lowest BCUT2D eigenvalue weighted by molar-refractivity contribution is -0.144. The molecule has 12 heavy (non-hydrogen) atoms. The van der Waals surface area contributed by atoms with Crippen LogP contribution in [0, 0.1) is 11.3 Å². The first-order valence-electron chi connectivity index (χ1n) is 4.52. The number of hydrogen-bond acceptors (Lipinski definition) is 3. The highest BCUT2D eigenvalue weighted by molar-refractivity contribution is 5.69. The van der Waals surface area contributed by atoms with Crippen molar-refractivity contribution >= 4 is 5.97 Å². The summed E-state index contributed by atoms with van der Waals surface area (Å²) >= 11 is 0. The second-order valence-corrected chi connectivity index (χ2v) is 4.16. The number of ether oxygens (including phenoxy) is 1. The normalized spacial score (nSPS) is 26.1. The molecule has 0 atom stereocenters. The van der Waals surface area contributed by atoms with Crippen molar-refractivity contribution in [3.05, 3.63) is 0 Å². The van der Waals surface area contributed by atoms with Gasteiger partial charge in [0.05, 0.1) is 7.11 Å². The van der Waals surface area contributed by atoms with Gasteiger partial charge in [-0.3, -0.25) is 4.79 Å². The fourth-order valence-corrected chi connectivity index (χ4v) is 2.40. The van der Waals surface area contributed by atoms with Crippen LogP contribution in [0.4, 0.5) is 0 Å². The Kier molecular flexibility index (Phi) is 1.83. The number of rotatable bonds is 2. The van der Waals surface area contributed by atoms with Crippen molar-refractivity contribution < 1.29 is 9.53 Å². The summed E-state index contributed by atoms with van der Waals surface area (Å²) in [6.07, 6.45) is 3.06. The minimum Gasteiger partial charge on any atom is -0.469 e. The van der Waals surface area contributed by atoms with Crippen LogP contribution >= 0.6 is 0 Å². The molecule has 1 N–H and O–H groups in total. The number of carbonyl (C=O) groups excluding carboxylic acids is 1. The third-order valence-electron chi connectivity index (χ3n) is 3.13. The first-order valence-corrected chi connectivity index (χ1v) is 4.52. The molecule has 1 aliphatic heterocycles. The van der Waals surface area contributed by atoms with E-state index in [0.717, 1.165) is 13.1 Å². The Morgan fingerprint density at radius 1 is 1.58 bits per heavy atom. The Hall–Kier alpha value is -0.570. The summed E-state index contributed by atoms with van der Waals surface area (Å²) in [7, 11) is 1.46. The highest BCUT2D eigenvalue weighted by Crippen LogP contribution is 2.49. The van der Waals surface area contributed by atoms with Gasteiger partial charge in [0.1, 0.15) is 0 Å². The first-order chi connectivity index (χ1) is 5.74. The van der Waals surface area contributed by atoms with E-state index in [1.165, 1.54) is 20.0 Å². The van der Waals surface area contributed by atoms with Crippen molar-refractivity contribution in [2.45, 2.75) is 19.3 Å². The molecule has 0 amide bonds. The van der Waals surface area contributed by atoms with E-state index in [1.54, 1.807) is 0 Å². The molecule has 1 saturated carbocycles. The summed E-state index contributed by atoms with van der Waals surface area (Å²) in [5.74, 6) is 0.543. The molecular weight excluding hydrogens is 154 g/mol. The van der Waals surface area contributed by atoms with Crippen molar-refractivity contribution in [1.29, 1.82) is 0 Å². The SMILES string of the molecule is COC(=O)CC1CC2(CNC2)C1. The zero-order valence-corrected chi connectivity index (χ0v) is 7.43. The molecule has 0 aromatic heterocycles. The van der Waals surface area contributed by atoms with Crippen molar-refractivity contribution in [2.24, 2.45) is 11.3 Å². The first kappa shape index (κ1) is 8.05. The zero-order chi connectivity index (χ0) is 8.60. The maximum absolute atomic E-state index is 10.9. The van der Waals surface area contributed by atoms with E-state index in [9.17, 15) is 4.79 Å². The minimum atomic E-state index is -0.0536. The Labute approximate surface area is 72.5 Å². The molecule has 2 aliphatic rings. The van der Waals surface area contributed by atoms with Gasteiger partial charge in [-0.15, -0.1) is 0 Å². The largest absolute Gasteiger partial charge is 0.469 e. The van der Waals surface area contributed by atoms with Crippen molar-refractivity contribution in [2.75, 3.05) is 20.2 Å². The van der Waals surface area contributed by atoms with Crippen molar-refractivity contribution in [3.8, 4) is 0 Å². The summed E-state index contributed by atoms with van der Waals surface area (Å²) in [6.45, 7) is 2.31. The molecule has 1 spiro atoms. The molecule has 0 aromatic rings. The van der Waals surface area contributed by atoms with Gasteiger partial charge in [-0.1, -0.05) is 0 Å². The number of nitrogens with one attached hydrogen (secondary N) is 1.